The van der Waals surface area contributed by atoms with Crippen molar-refractivity contribution < 1.29 is 9.18 Å². The van der Waals surface area contributed by atoms with Crippen LogP contribution in [-0.4, -0.2) is 38.4 Å². The number of benzene rings is 2. The quantitative estimate of drug-likeness (QED) is 0.563. The largest absolute Gasteiger partial charge is 0.338 e. The fourth-order valence-corrected chi connectivity index (χ4v) is 3.73. The maximum Gasteiger partial charge on any atom is 0.233 e. The molecule has 0 aliphatic carbocycles. The number of carbonyl (C=O) groups is 1. The molecule has 1 heterocycles. The van der Waals surface area contributed by atoms with Gasteiger partial charge in [0.2, 0.25) is 5.91 Å². The molecular weight excluding hydrogens is 375 g/mol. The zero-order valence-corrected chi connectivity index (χ0v) is 17.0. The van der Waals surface area contributed by atoms with Crippen LogP contribution in [-0.2, 0) is 11.3 Å². The molecule has 3 rings (SSSR count). The Morgan fingerprint density at radius 2 is 1.82 bits per heavy atom. The molecule has 28 heavy (non-hydrogen) atoms. The molecule has 1 aromatic heterocycles. The number of rotatable bonds is 7. The van der Waals surface area contributed by atoms with Gasteiger partial charge >= 0.3 is 0 Å². The fraction of sp³-hybridized carbons (Fsp3) is 0.286. The van der Waals surface area contributed by atoms with E-state index in [1.54, 1.807) is 24.1 Å². The van der Waals surface area contributed by atoms with Crippen molar-refractivity contribution in [2.75, 3.05) is 12.8 Å². The standard InChI is InChI=1S/C21H23FN4OS/c1-15(18-9-11-19(22)12-10-18)25(3)20(27)14-28-21-24-23-16(2)26(21)13-17-7-5-4-6-8-17/h4-12,15H,13-14H2,1-3H3. The van der Waals surface area contributed by atoms with Gasteiger partial charge in [-0.15, -0.1) is 10.2 Å². The van der Waals surface area contributed by atoms with Gasteiger partial charge in [-0.25, -0.2) is 4.39 Å². The van der Waals surface area contributed by atoms with Crippen LogP contribution in [0.1, 0.15) is 29.9 Å². The number of hydrogen-bond donors (Lipinski definition) is 0. The van der Waals surface area contributed by atoms with Crippen LogP contribution in [0.5, 0.6) is 0 Å². The fourth-order valence-electron chi connectivity index (χ4n) is 2.83. The summed E-state index contributed by atoms with van der Waals surface area (Å²) in [5, 5.41) is 9.10. The van der Waals surface area contributed by atoms with Crippen LogP contribution in [0.15, 0.2) is 59.8 Å². The summed E-state index contributed by atoms with van der Waals surface area (Å²) in [4.78, 5) is 14.3. The molecule has 0 saturated carbocycles. The minimum absolute atomic E-state index is 0.0197. The monoisotopic (exact) mass is 398 g/mol. The Balaban J connectivity index is 1.63. The summed E-state index contributed by atoms with van der Waals surface area (Å²) in [6.45, 7) is 4.50. The van der Waals surface area contributed by atoms with Gasteiger partial charge in [-0.3, -0.25) is 4.79 Å². The van der Waals surface area contributed by atoms with Gasteiger partial charge in [0, 0.05) is 7.05 Å². The van der Waals surface area contributed by atoms with E-state index < -0.39 is 0 Å². The van der Waals surface area contributed by atoms with Crippen LogP contribution in [0.2, 0.25) is 0 Å². The number of aromatic nitrogens is 3. The molecule has 0 aliphatic heterocycles. The van der Waals surface area contributed by atoms with Crippen molar-refractivity contribution in [2.45, 2.75) is 31.6 Å². The average molecular weight is 399 g/mol. The second kappa shape index (κ2) is 9.01. The number of nitrogens with zero attached hydrogens (tertiary/aromatic N) is 4. The van der Waals surface area contributed by atoms with E-state index in [-0.39, 0.29) is 23.5 Å². The lowest BCUT2D eigenvalue weighted by Gasteiger charge is -2.25. The number of carbonyl (C=O) groups excluding carboxylic acids is 1. The SMILES string of the molecule is Cc1nnc(SCC(=O)N(C)C(C)c2ccc(F)cc2)n1Cc1ccccc1. The third kappa shape index (κ3) is 4.78. The second-order valence-corrected chi connectivity index (χ2v) is 7.56. The average Bonchev–Trinajstić information content (AvgIpc) is 3.06. The first-order chi connectivity index (χ1) is 13.5. The van der Waals surface area contributed by atoms with Gasteiger partial charge in [-0.1, -0.05) is 54.2 Å². The first kappa shape index (κ1) is 20.1. The maximum atomic E-state index is 13.1. The Morgan fingerprint density at radius 1 is 1.14 bits per heavy atom. The lowest BCUT2D eigenvalue weighted by atomic mass is 10.1. The molecule has 0 saturated heterocycles. The van der Waals surface area contributed by atoms with Crippen molar-refractivity contribution in [3.05, 3.63) is 77.4 Å². The number of hydrogen-bond acceptors (Lipinski definition) is 4. The summed E-state index contributed by atoms with van der Waals surface area (Å²) in [6, 6.07) is 16.2. The van der Waals surface area contributed by atoms with Gasteiger partial charge in [0.25, 0.3) is 0 Å². The van der Waals surface area contributed by atoms with Gasteiger partial charge in [0.1, 0.15) is 11.6 Å². The van der Waals surface area contributed by atoms with Gasteiger partial charge < -0.3 is 9.47 Å². The van der Waals surface area contributed by atoms with Crippen molar-refractivity contribution >= 4 is 17.7 Å². The molecule has 0 N–H and O–H groups in total. The molecule has 3 aromatic rings. The third-order valence-corrected chi connectivity index (χ3v) is 5.69. The number of amides is 1. The van der Waals surface area contributed by atoms with Crippen LogP contribution in [0.3, 0.4) is 0 Å². The highest BCUT2D eigenvalue weighted by atomic mass is 32.2. The summed E-state index contributed by atoms with van der Waals surface area (Å²) >= 11 is 1.38. The minimum Gasteiger partial charge on any atom is -0.338 e. The van der Waals surface area contributed by atoms with Crippen LogP contribution in [0, 0.1) is 12.7 Å². The zero-order valence-electron chi connectivity index (χ0n) is 16.2. The van der Waals surface area contributed by atoms with Gasteiger partial charge in [0.15, 0.2) is 5.16 Å². The first-order valence-corrected chi connectivity index (χ1v) is 10.0. The van der Waals surface area contributed by atoms with E-state index in [0.29, 0.717) is 6.54 Å². The van der Waals surface area contributed by atoms with Crippen molar-refractivity contribution in [1.82, 2.24) is 19.7 Å². The molecule has 0 aliphatic rings. The number of thioether (sulfide) groups is 1. The molecule has 0 spiro atoms. The first-order valence-electron chi connectivity index (χ1n) is 9.03. The maximum absolute atomic E-state index is 13.1. The van der Waals surface area contributed by atoms with Gasteiger partial charge in [0.05, 0.1) is 18.3 Å². The zero-order chi connectivity index (χ0) is 20.1. The van der Waals surface area contributed by atoms with Crippen molar-refractivity contribution in [2.24, 2.45) is 0 Å². The van der Waals surface area contributed by atoms with E-state index in [1.165, 1.54) is 23.9 Å². The van der Waals surface area contributed by atoms with Gasteiger partial charge in [-0.05, 0) is 37.1 Å². The van der Waals surface area contributed by atoms with Crippen molar-refractivity contribution in [1.29, 1.82) is 0 Å². The molecule has 1 unspecified atom stereocenters. The summed E-state index contributed by atoms with van der Waals surface area (Å²) in [5.74, 6) is 0.767. The predicted molar refractivity (Wildman–Crippen MR) is 109 cm³/mol. The van der Waals surface area contributed by atoms with Crippen LogP contribution in [0.4, 0.5) is 4.39 Å². The number of halogens is 1. The summed E-state index contributed by atoms with van der Waals surface area (Å²) in [7, 11) is 1.76. The van der Waals surface area contributed by atoms with E-state index in [2.05, 4.69) is 22.3 Å². The van der Waals surface area contributed by atoms with E-state index in [4.69, 9.17) is 0 Å². The molecule has 1 amide bonds. The lowest BCUT2D eigenvalue weighted by molar-refractivity contribution is -0.128. The minimum atomic E-state index is -0.284. The Labute approximate surface area is 168 Å². The van der Waals surface area contributed by atoms with Crippen molar-refractivity contribution in [3.63, 3.8) is 0 Å². The predicted octanol–water partition coefficient (Wildman–Crippen LogP) is 4.09. The molecule has 5 nitrogen and oxygen atoms in total. The molecule has 146 valence electrons. The molecule has 0 radical (unpaired) electrons. The lowest BCUT2D eigenvalue weighted by Crippen LogP contribution is -2.31. The normalized spacial score (nSPS) is 12.0. The van der Waals surface area contributed by atoms with E-state index in [0.717, 1.165) is 22.1 Å². The van der Waals surface area contributed by atoms with Crippen molar-refractivity contribution in [3.8, 4) is 0 Å². The van der Waals surface area contributed by atoms with Crippen LogP contribution in [0.25, 0.3) is 0 Å². The van der Waals surface area contributed by atoms with E-state index >= 15 is 0 Å². The Bertz CT molecular complexity index is 927. The van der Waals surface area contributed by atoms with Gasteiger partial charge in [-0.2, -0.15) is 0 Å². The second-order valence-electron chi connectivity index (χ2n) is 6.62. The molecule has 0 fully saturated rings. The summed E-state index contributed by atoms with van der Waals surface area (Å²) in [5.41, 5.74) is 2.05. The Morgan fingerprint density at radius 3 is 2.50 bits per heavy atom. The highest BCUT2D eigenvalue weighted by Gasteiger charge is 2.19. The highest BCUT2D eigenvalue weighted by Crippen LogP contribution is 2.23. The third-order valence-electron chi connectivity index (χ3n) is 4.74. The molecule has 2 aromatic carbocycles. The Hall–Kier alpha value is -2.67. The highest BCUT2D eigenvalue weighted by molar-refractivity contribution is 7.99. The molecule has 1 atom stereocenters. The van der Waals surface area contributed by atoms with E-state index in [9.17, 15) is 9.18 Å². The van der Waals surface area contributed by atoms with Crippen LogP contribution >= 0.6 is 11.8 Å². The summed E-state index contributed by atoms with van der Waals surface area (Å²) < 4.78 is 15.1. The molecule has 7 heteroatoms. The van der Waals surface area contributed by atoms with E-state index in [1.807, 2.05) is 36.6 Å². The topological polar surface area (TPSA) is 51.0 Å². The number of aryl methyl sites for hydroxylation is 1. The smallest absolute Gasteiger partial charge is 0.233 e. The Kier molecular flexibility index (Phi) is 6.46. The summed E-state index contributed by atoms with van der Waals surface area (Å²) in [6.07, 6.45) is 0. The van der Waals surface area contributed by atoms with Crippen LogP contribution < -0.4 is 0 Å². The molecule has 0 bridgehead atoms. The molecular formula is C21H23FN4OS.